The molecule has 0 saturated carbocycles. The first kappa shape index (κ1) is 13.3. The second-order valence-electron chi connectivity index (χ2n) is 4.02. The quantitative estimate of drug-likeness (QED) is 0.717. The molecule has 0 atom stereocenters. The maximum atomic E-state index is 11.4. The maximum Gasteiger partial charge on any atom is 0.409 e. The van der Waals surface area contributed by atoms with Crippen LogP contribution in [0.1, 0.15) is 32.6 Å². The van der Waals surface area contributed by atoms with Gasteiger partial charge < -0.3 is 9.64 Å². The van der Waals surface area contributed by atoms with Crippen molar-refractivity contribution in [3.63, 3.8) is 0 Å². The highest BCUT2D eigenvalue weighted by Gasteiger charge is 2.23. The predicted molar refractivity (Wildman–Crippen MR) is 61.4 cm³/mol. The lowest BCUT2D eigenvalue weighted by molar-refractivity contribution is -0.112. The highest BCUT2D eigenvalue weighted by molar-refractivity contribution is 6.63. The first-order valence-corrected chi connectivity index (χ1v) is 6.11. The van der Waals surface area contributed by atoms with Gasteiger partial charge in [0.1, 0.15) is 0 Å². The van der Waals surface area contributed by atoms with E-state index in [1.165, 1.54) is 0 Å². The molecule has 1 saturated heterocycles. The largest absolute Gasteiger partial charge is 0.450 e. The molecule has 1 heterocycles. The second kappa shape index (κ2) is 6.74. The Kier molecular flexibility index (Phi) is 5.60. The van der Waals surface area contributed by atoms with Crippen molar-refractivity contribution in [3.05, 3.63) is 0 Å². The van der Waals surface area contributed by atoms with Crippen LogP contribution in [0.3, 0.4) is 0 Å². The molecule has 1 aliphatic rings. The summed E-state index contributed by atoms with van der Waals surface area (Å²) in [6, 6.07) is 0. The number of halogens is 1. The van der Waals surface area contributed by atoms with Gasteiger partial charge in [-0.15, -0.1) is 0 Å². The monoisotopic (exact) mass is 247 g/mol. The summed E-state index contributed by atoms with van der Waals surface area (Å²) < 4.78 is 4.93. The van der Waals surface area contributed by atoms with Gasteiger partial charge in [-0.25, -0.2) is 4.79 Å². The summed E-state index contributed by atoms with van der Waals surface area (Å²) in [4.78, 5) is 23.7. The molecule has 0 aromatic rings. The fourth-order valence-corrected chi connectivity index (χ4v) is 2.05. The zero-order chi connectivity index (χ0) is 12.0. The van der Waals surface area contributed by atoms with E-state index in [0.29, 0.717) is 18.9 Å². The average Bonchev–Trinajstić information content (AvgIpc) is 2.27. The Bertz CT molecular complexity index is 250. The highest BCUT2D eigenvalue weighted by Crippen LogP contribution is 2.22. The first-order chi connectivity index (χ1) is 7.63. The predicted octanol–water partition coefficient (Wildman–Crippen LogP) is 2.40. The Morgan fingerprint density at radius 1 is 1.38 bits per heavy atom. The van der Waals surface area contributed by atoms with E-state index >= 15 is 0 Å². The van der Waals surface area contributed by atoms with Gasteiger partial charge in [0.2, 0.25) is 5.24 Å². The highest BCUT2D eigenvalue weighted by atomic mass is 35.5. The van der Waals surface area contributed by atoms with Crippen LogP contribution in [0, 0.1) is 5.92 Å². The van der Waals surface area contributed by atoms with E-state index in [0.717, 1.165) is 32.4 Å². The molecular formula is C11H18ClNO3. The molecule has 5 heteroatoms. The molecule has 16 heavy (non-hydrogen) atoms. The Hall–Kier alpha value is -0.770. The number of likely N-dealkylation sites (tertiary alicyclic amines) is 1. The van der Waals surface area contributed by atoms with E-state index in [2.05, 4.69) is 0 Å². The lowest BCUT2D eigenvalue weighted by atomic mass is 9.93. The lowest BCUT2D eigenvalue weighted by Crippen LogP contribution is -2.38. The summed E-state index contributed by atoms with van der Waals surface area (Å²) in [6.07, 6.45) is 2.91. The van der Waals surface area contributed by atoms with Gasteiger partial charge in [0.05, 0.1) is 6.61 Å². The number of rotatable bonds is 4. The molecule has 92 valence electrons. The number of carbonyl (C=O) groups excluding carboxylic acids is 2. The normalized spacial score (nSPS) is 17.2. The molecule has 1 amide bonds. The van der Waals surface area contributed by atoms with E-state index < -0.39 is 0 Å². The minimum atomic E-state index is -0.271. The van der Waals surface area contributed by atoms with Crippen LogP contribution < -0.4 is 0 Å². The summed E-state index contributed by atoms with van der Waals surface area (Å²) in [5.74, 6) is 0.508. The summed E-state index contributed by atoms with van der Waals surface area (Å²) in [5, 5.41) is -0.271. The fourth-order valence-electron chi connectivity index (χ4n) is 1.94. The van der Waals surface area contributed by atoms with Crippen LogP contribution in [0.15, 0.2) is 0 Å². The molecule has 1 rings (SSSR count). The minimum Gasteiger partial charge on any atom is -0.450 e. The molecule has 4 nitrogen and oxygen atoms in total. The molecule has 0 radical (unpaired) electrons. The Morgan fingerprint density at radius 2 is 2.00 bits per heavy atom. The Balaban J connectivity index is 2.23. The third-order valence-corrected chi connectivity index (χ3v) is 3.08. The smallest absolute Gasteiger partial charge is 0.409 e. The zero-order valence-electron chi connectivity index (χ0n) is 9.58. The number of carbonyl (C=O) groups is 2. The van der Waals surface area contributed by atoms with Crippen molar-refractivity contribution in [3.8, 4) is 0 Å². The van der Waals surface area contributed by atoms with E-state index in [1.54, 1.807) is 11.8 Å². The van der Waals surface area contributed by atoms with Crippen molar-refractivity contribution >= 4 is 22.9 Å². The topological polar surface area (TPSA) is 46.6 Å². The van der Waals surface area contributed by atoms with Gasteiger partial charge in [0.25, 0.3) is 0 Å². The molecule has 0 unspecified atom stereocenters. The van der Waals surface area contributed by atoms with Crippen LogP contribution in [0.4, 0.5) is 4.79 Å². The fraction of sp³-hybridized carbons (Fsp3) is 0.818. The summed E-state index contributed by atoms with van der Waals surface area (Å²) in [6.45, 7) is 3.66. The molecule has 0 aliphatic carbocycles. The van der Waals surface area contributed by atoms with Crippen molar-refractivity contribution in [1.29, 1.82) is 0 Å². The zero-order valence-corrected chi connectivity index (χ0v) is 10.3. The molecule has 0 aromatic heterocycles. The molecule has 1 fully saturated rings. The van der Waals surface area contributed by atoms with Crippen molar-refractivity contribution in [2.24, 2.45) is 5.92 Å². The van der Waals surface area contributed by atoms with Gasteiger partial charge >= 0.3 is 6.09 Å². The number of piperidine rings is 1. The van der Waals surface area contributed by atoms with Crippen molar-refractivity contribution in [2.45, 2.75) is 32.6 Å². The van der Waals surface area contributed by atoms with Gasteiger partial charge in [0.15, 0.2) is 0 Å². The molecular weight excluding hydrogens is 230 g/mol. The standard InChI is InChI=1S/C11H18ClNO3/c1-2-16-11(15)13-7-5-9(6-8-13)3-4-10(12)14/h9H,2-8H2,1H3. The average molecular weight is 248 g/mol. The van der Waals surface area contributed by atoms with Crippen LogP contribution in [-0.4, -0.2) is 35.9 Å². The van der Waals surface area contributed by atoms with Crippen molar-refractivity contribution < 1.29 is 14.3 Å². The van der Waals surface area contributed by atoms with E-state index in [4.69, 9.17) is 16.3 Å². The van der Waals surface area contributed by atoms with E-state index in [1.807, 2.05) is 0 Å². The summed E-state index contributed by atoms with van der Waals surface area (Å²) in [7, 11) is 0. The summed E-state index contributed by atoms with van der Waals surface area (Å²) in [5.41, 5.74) is 0. The second-order valence-corrected chi connectivity index (χ2v) is 4.44. The van der Waals surface area contributed by atoms with Crippen LogP contribution in [-0.2, 0) is 9.53 Å². The van der Waals surface area contributed by atoms with Crippen LogP contribution >= 0.6 is 11.6 Å². The molecule has 0 aromatic carbocycles. The lowest BCUT2D eigenvalue weighted by Gasteiger charge is -2.30. The SMILES string of the molecule is CCOC(=O)N1CCC(CCC(=O)Cl)CC1. The third kappa shape index (κ3) is 4.39. The van der Waals surface area contributed by atoms with Crippen LogP contribution in [0.2, 0.25) is 0 Å². The van der Waals surface area contributed by atoms with Crippen LogP contribution in [0.5, 0.6) is 0 Å². The van der Waals surface area contributed by atoms with Crippen LogP contribution in [0.25, 0.3) is 0 Å². The van der Waals surface area contributed by atoms with Crippen molar-refractivity contribution in [2.75, 3.05) is 19.7 Å². The molecule has 0 N–H and O–H groups in total. The van der Waals surface area contributed by atoms with Gasteiger partial charge in [-0.3, -0.25) is 4.79 Å². The number of amides is 1. The van der Waals surface area contributed by atoms with E-state index in [9.17, 15) is 9.59 Å². The van der Waals surface area contributed by atoms with Crippen molar-refractivity contribution in [1.82, 2.24) is 4.90 Å². The maximum absolute atomic E-state index is 11.4. The molecule has 1 aliphatic heterocycles. The number of hydrogen-bond donors (Lipinski definition) is 0. The minimum absolute atomic E-state index is 0.227. The van der Waals surface area contributed by atoms with Gasteiger partial charge in [-0.2, -0.15) is 0 Å². The third-order valence-electron chi connectivity index (χ3n) is 2.89. The first-order valence-electron chi connectivity index (χ1n) is 5.73. The number of ether oxygens (including phenoxy) is 1. The van der Waals surface area contributed by atoms with Gasteiger partial charge in [-0.05, 0) is 43.7 Å². The summed E-state index contributed by atoms with van der Waals surface area (Å²) >= 11 is 5.29. The number of nitrogens with zero attached hydrogens (tertiary/aromatic N) is 1. The number of hydrogen-bond acceptors (Lipinski definition) is 3. The molecule has 0 bridgehead atoms. The van der Waals surface area contributed by atoms with E-state index in [-0.39, 0.29) is 11.3 Å². The van der Waals surface area contributed by atoms with Gasteiger partial charge in [-0.1, -0.05) is 0 Å². The Labute approximate surface area is 101 Å². The Morgan fingerprint density at radius 3 is 2.50 bits per heavy atom. The van der Waals surface area contributed by atoms with Gasteiger partial charge in [0, 0.05) is 19.5 Å². The molecule has 0 spiro atoms.